The van der Waals surface area contributed by atoms with Crippen LogP contribution in [0.1, 0.15) is 22.3 Å². The summed E-state index contributed by atoms with van der Waals surface area (Å²) in [5.74, 6) is 0.802. The molecule has 0 aliphatic carbocycles. The third-order valence-electron chi connectivity index (χ3n) is 4.33. The third-order valence-corrected chi connectivity index (χ3v) is 5.76. The van der Waals surface area contributed by atoms with Crippen LogP contribution < -0.4 is 4.90 Å². The minimum Gasteiger partial charge on any atom is -0.492 e. The van der Waals surface area contributed by atoms with E-state index >= 15 is 0 Å². The largest absolute Gasteiger partial charge is 0.492 e. The molecule has 1 saturated heterocycles. The van der Waals surface area contributed by atoms with E-state index in [1.54, 1.807) is 0 Å². The summed E-state index contributed by atoms with van der Waals surface area (Å²) in [4.78, 5) is 7.25. The van der Waals surface area contributed by atoms with Gasteiger partial charge in [-0.1, -0.05) is 41.1 Å². The van der Waals surface area contributed by atoms with E-state index in [2.05, 4.69) is 10.1 Å². The Hall–Kier alpha value is -1.67. The van der Waals surface area contributed by atoms with Gasteiger partial charge in [0.2, 0.25) is 10.8 Å². The second-order valence-electron chi connectivity index (χ2n) is 5.87. The lowest BCUT2D eigenvalue weighted by molar-refractivity contribution is -0.932. The van der Waals surface area contributed by atoms with Crippen molar-refractivity contribution in [2.75, 3.05) is 26.3 Å². The van der Waals surface area contributed by atoms with E-state index in [1.165, 1.54) is 20.8 Å². The van der Waals surface area contributed by atoms with E-state index < -0.39 is 0 Å². The number of hydrogen-bond donors (Lipinski definition) is 2. The third kappa shape index (κ3) is 2.67. The number of rotatable bonds is 3. The van der Waals surface area contributed by atoms with Crippen LogP contribution in [-0.4, -0.2) is 46.0 Å². The van der Waals surface area contributed by atoms with Crippen molar-refractivity contribution < 1.29 is 14.7 Å². The zero-order valence-corrected chi connectivity index (χ0v) is 14.8. The molecule has 1 aliphatic rings. The molecule has 3 heterocycles. The molecule has 24 heavy (non-hydrogen) atoms. The monoisotopic (exact) mass is 365 g/mol. The van der Waals surface area contributed by atoms with Crippen LogP contribution in [0.3, 0.4) is 0 Å². The van der Waals surface area contributed by atoms with Crippen LogP contribution >= 0.6 is 22.9 Å². The smallest absolute Gasteiger partial charge is 0.235 e. The van der Waals surface area contributed by atoms with E-state index in [-0.39, 0.29) is 11.9 Å². The molecule has 4 rings (SSSR count). The number of hydrogen-bond acceptors (Lipinski definition) is 5. The van der Waals surface area contributed by atoms with Gasteiger partial charge in [0, 0.05) is 5.56 Å². The average molecular weight is 366 g/mol. The normalized spacial score (nSPS) is 17.4. The topological polar surface area (TPSA) is 64.1 Å². The first-order valence-corrected chi connectivity index (χ1v) is 9.06. The number of morpholine rings is 1. The Morgan fingerprint density at radius 3 is 2.79 bits per heavy atom. The fourth-order valence-electron chi connectivity index (χ4n) is 3.21. The van der Waals surface area contributed by atoms with E-state index in [4.69, 9.17) is 16.3 Å². The van der Waals surface area contributed by atoms with Crippen molar-refractivity contribution in [1.82, 2.24) is 14.6 Å². The Morgan fingerprint density at radius 1 is 1.33 bits per heavy atom. The molecule has 0 unspecified atom stereocenters. The van der Waals surface area contributed by atoms with Crippen LogP contribution in [0, 0.1) is 6.92 Å². The zero-order chi connectivity index (χ0) is 16.7. The van der Waals surface area contributed by atoms with Gasteiger partial charge in [-0.05, 0) is 13.0 Å². The number of nitrogens with zero attached hydrogens (tertiary/aromatic N) is 3. The molecule has 3 aromatic rings. The van der Waals surface area contributed by atoms with Gasteiger partial charge in [0.1, 0.15) is 23.8 Å². The molecular weight excluding hydrogens is 348 g/mol. The maximum atomic E-state index is 10.7. The highest BCUT2D eigenvalue weighted by atomic mass is 35.5. The van der Waals surface area contributed by atoms with Crippen molar-refractivity contribution in [3.8, 4) is 5.88 Å². The maximum Gasteiger partial charge on any atom is 0.235 e. The molecule has 0 amide bonds. The van der Waals surface area contributed by atoms with Crippen LogP contribution in [0.15, 0.2) is 24.3 Å². The molecule has 6 nitrogen and oxygen atoms in total. The number of ether oxygens (including phenoxy) is 1. The van der Waals surface area contributed by atoms with Crippen molar-refractivity contribution in [3.05, 3.63) is 45.6 Å². The lowest BCUT2D eigenvalue weighted by atomic mass is 10.0. The van der Waals surface area contributed by atoms with Gasteiger partial charge in [0.15, 0.2) is 6.04 Å². The van der Waals surface area contributed by atoms with Crippen molar-refractivity contribution in [3.63, 3.8) is 0 Å². The quantitative estimate of drug-likeness (QED) is 0.737. The second kappa shape index (κ2) is 6.33. The summed E-state index contributed by atoms with van der Waals surface area (Å²) < 4.78 is 7.01. The number of nitrogens with one attached hydrogen (secondary N) is 1. The highest BCUT2D eigenvalue weighted by molar-refractivity contribution is 7.17. The van der Waals surface area contributed by atoms with Crippen LogP contribution in [0.5, 0.6) is 5.88 Å². The number of aromatic nitrogens is 3. The fraction of sp³-hybridized carbons (Fsp3) is 0.375. The van der Waals surface area contributed by atoms with Gasteiger partial charge in [0.25, 0.3) is 0 Å². The molecule has 2 aromatic heterocycles. The number of aryl methyl sites for hydroxylation is 1. The molecular formula is C16H18ClN4O2S+. The fourth-order valence-corrected chi connectivity index (χ4v) is 4.64. The minimum absolute atomic E-state index is 0.0589. The number of aromatic hydroxyl groups is 1. The zero-order valence-electron chi connectivity index (χ0n) is 13.2. The highest BCUT2D eigenvalue weighted by Gasteiger charge is 2.34. The molecule has 0 bridgehead atoms. The van der Waals surface area contributed by atoms with Gasteiger partial charge in [-0.15, -0.1) is 5.10 Å². The van der Waals surface area contributed by atoms with Gasteiger partial charge in [0.05, 0.1) is 18.2 Å². The Kier molecular flexibility index (Phi) is 4.17. The lowest BCUT2D eigenvalue weighted by Gasteiger charge is -2.31. The summed E-state index contributed by atoms with van der Waals surface area (Å²) in [6.07, 6.45) is 0. The van der Waals surface area contributed by atoms with E-state index in [9.17, 15) is 5.11 Å². The Morgan fingerprint density at radius 2 is 2.08 bits per heavy atom. The molecule has 1 aliphatic heterocycles. The molecule has 2 N–H and O–H groups in total. The Labute approximate surface area is 148 Å². The van der Waals surface area contributed by atoms with Gasteiger partial charge < -0.3 is 14.7 Å². The lowest BCUT2D eigenvalue weighted by Crippen LogP contribution is -3.14. The summed E-state index contributed by atoms with van der Waals surface area (Å²) >= 11 is 7.95. The Bertz CT molecular complexity index is 872. The van der Waals surface area contributed by atoms with E-state index in [0.717, 1.165) is 23.5 Å². The second-order valence-corrected chi connectivity index (χ2v) is 7.28. The number of halogens is 1. The Balaban J connectivity index is 1.86. The molecule has 1 fully saturated rings. The van der Waals surface area contributed by atoms with Gasteiger partial charge >= 0.3 is 0 Å². The number of benzene rings is 1. The summed E-state index contributed by atoms with van der Waals surface area (Å²) in [5.41, 5.74) is 1.01. The van der Waals surface area contributed by atoms with Crippen molar-refractivity contribution >= 4 is 27.9 Å². The average Bonchev–Trinajstić information content (AvgIpc) is 3.09. The van der Waals surface area contributed by atoms with Crippen LogP contribution in [0.25, 0.3) is 4.96 Å². The first-order valence-electron chi connectivity index (χ1n) is 7.87. The highest BCUT2D eigenvalue weighted by Crippen LogP contribution is 2.37. The van der Waals surface area contributed by atoms with Crippen molar-refractivity contribution in [2.24, 2.45) is 0 Å². The molecule has 0 spiro atoms. The number of quaternary nitrogens is 1. The standard InChI is InChI=1S/C16H17ClN4O2S/c1-10-18-16-21(19-10)15(22)14(24-16)13(20-6-8-23-9-7-20)11-4-2-3-5-12(11)17/h2-5,13,22H,6-9H2,1H3/p+1/t13-/m0/s1. The number of fused-ring (bicyclic) bond motifs is 1. The van der Waals surface area contributed by atoms with E-state index in [1.807, 2.05) is 31.2 Å². The van der Waals surface area contributed by atoms with Crippen molar-refractivity contribution in [1.29, 1.82) is 0 Å². The first kappa shape index (κ1) is 15.8. The molecule has 0 saturated carbocycles. The minimum atomic E-state index is -0.0589. The van der Waals surface area contributed by atoms with Crippen molar-refractivity contribution in [2.45, 2.75) is 13.0 Å². The predicted octanol–water partition coefficient (Wildman–Crippen LogP) is 1.46. The molecule has 1 aromatic carbocycles. The van der Waals surface area contributed by atoms with Gasteiger partial charge in [-0.3, -0.25) is 0 Å². The molecule has 126 valence electrons. The summed E-state index contributed by atoms with van der Waals surface area (Å²) in [6.45, 7) is 4.95. The SMILES string of the molecule is Cc1nc2sc([C@H](c3ccccc3Cl)[NH+]3CCOCC3)c(O)n2n1. The predicted molar refractivity (Wildman–Crippen MR) is 92.1 cm³/mol. The van der Waals surface area contributed by atoms with Crippen LogP contribution in [0.2, 0.25) is 5.02 Å². The molecule has 1 atom stereocenters. The molecule has 0 radical (unpaired) electrons. The first-order chi connectivity index (χ1) is 11.6. The van der Waals surface area contributed by atoms with Gasteiger partial charge in [-0.2, -0.15) is 4.52 Å². The summed E-state index contributed by atoms with van der Waals surface area (Å²) in [7, 11) is 0. The van der Waals surface area contributed by atoms with E-state index in [0.29, 0.717) is 29.0 Å². The maximum absolute atomic E-state index is 10.7. The van der Waals surface area contributed by atoms with Crippen LogP contribution in [-0.2, 0) is 4.74 Å². The van der Waals surface area contributed by atoms with Gasteiger partial charge in [-0.25, -0.2) is 4.98 Å². The summed E-state index contributed by atoms with van der Waals surface area (Å²) in [5, 5.41) is 15.7. The molecule has 8 heteroatoms. The number of thiazole rings is 1. The summed E-state index contributed by atoms with van der Waals surface area (Å²) in [6, 6.07) is 7.75. The van der Waals surface area contributed by atoms with Crippen LogP contribution in [0.4, 0.5) is 0 Å².